The van der Waals surface area contributed by atoms with E-state index in [2.05, 4.69) is 15.5 Å². The van der Waals surface area contributed by atoms with Gasteiger partial charge in [-0.2, -0.15) is 0 Å². The van der Waals surface area contributed by atoms with Crippen LogP contribution in [0.5, 0.6) is 5.75 Å². The van der Waals surface area contributed by atoms with Crippen LogP contribution in [0.3, 0.4) is 0 Å². The van der Waals surface area contributed by atoms with Gasteiger partial charge in [-0.1, -0.05) is 36.9 Å². The van der Waals surface area contributed by atoms with E-state index in [1.54, 1.807) is 6.07 Å². The summed E-state index contributed by atoms with van der Waals surface area (Å²) in [6.45, 7) is 3.89. The minimum Gasteiger partial charge on any atom is -0.483 e. The van der Waals surface area contributed by atoms with E-state index < -0.39 is 5.97 Å². The number of nitrogens with zero attached hydrogens (tertiary/aromatic N) is 3. The summed E-state index contributed by atoms with van der Waals surface area (Å²) < 4.78 is 12.5. The van der Waals surface area contributed by atoms with E-state index in [-0.39, 0.29) is 17.8 Å². The summed E-state index contributed by atoms with van der Waals surface area (Å²) in [4.78, 5) is 25.4. The third kappa shape index (κ3) is 5.65. The van der Waals surface area contributed by atoms with Crippen molar-refractivity contribution in [3.8, 4) is 5.75 Å². The van der Waals surface area contributed by atoms with Crippen LogP contribution in [0.25, 0.3) is 0 Å². The van der Waals surface area contributed by atoms with Crippen LogP contribution in [-0.2, 0) is 23.0 Å². The first-order valence-corrected chi connectivity index (χ1v) is 11.5. The van der Waals surface area contributed by atoms with Crippen molar-refractivity contribution in [2.24, 2.45) is 7.05 Å². The molecule has 0 fully saturated rings. The number of hydrogen-bond acceptors (Lipinski definition) is 8. The summed E-state index contributed by atoms with van der Waals surface area (Å²) in [6.07, 6.45) is 0.466. The number of esters is 1. The van der Waals surface area contributed by atoms with Crippen LogP contribution in [0.15, 0.2) is 41.6 Å². The first-order valence-electron chi connectivity index (χ1n) is 9.67. The van der Waals surface area contributed by atoms with Gasteiger partial charge in [0.25, 0.3) is 0 Å². The summed E-state index contributed by atoms with van der Waals surface area (Å²) in [5.41, 5.74) is 0.371. The topological polar surface area (TPSA) is 95.3 Å². The average molecular weight is 461 g/mol. The fourth-order valence-electron chi connectivity index (χ4n) is 2.83. The number of aryl methyl sites for hydroxylation is 1. The molecule has 0 spiro atoms. The lowest BCUT2D eigenvalue weighted by atomic mass is 10.2. The third-order valence-electron chi connectivity index (χ3n) is 4.41. The monoisotopic (exact) mass is 460 g/mol. The summed E-state index contributed by atoms with van der Waals surface area (Å²) in [6, 6.07) is 11.2. The lowest BCUT2D eigenvalue weighted by Gasteiger charge is -2.14. The summed E-state index contributed by atoms with van der Waals surface area (Å²) >= 11 is 2.64. The maximum absolute atomic E-state index is 12.5. The number of thioether (sulfide) groups is 1. The van der Waals surface area contributed by atoms with Crippen LogP contribution in [0.4, 0.5) is 5.00 Å². The van der Waals surface area contributed by atoms with Crippen molar-refractivity contribution < 1.29 is 19.1 Å². The lowest BCUT2D eigenvalue weighted by Crippen LogP contribution is -2.16. The zero-order valence-corrected chi connectivity index (χ0v) is 19.4. The molecule has 2 aromatic heterocycles. The van der Waals surface area contributed by atoms with E-state index in [1.165, 1.54) is 30.2 Å². The molecule has 1 amide bonds. The van der Waals surface area contributed by atoms with Crippen LogP contribution >= 0.6 is 23.1 Å². The van der Waals surface area contributed by atoms with Crippen molar-refractivity contribution in [2.45, 2.75) is 31.5 Å². The van der Waals surface area contributed by atoms with E-state index in [1.807, 2.05) is 55.8 Å². The smallest absolute Gasteiger partial charge is 0.340 e. The summed E-state index contributed by atoms with van der Waals surface area (Å²) in [5, 5.41) is 12.3. The average Bonchev–Trinajstić information content (AvgIpc) is 3.35. The predicted molar refractivity (Wildman–Crippen MR) is 121 cm³/mol. The Morgan fingerprint density at radius 1 is 1.26 bits per heavy atom. The second-order valence-corrected chi connectivity index (χ2v) is 8.69. The SMILES string of the molecule is CCc1cc(C(=O)OC)c(NC(=O)CSc2nnc(C(C)Oc3ccccc3)n2C)s1. The molecule has 0 aliphatic heterocycles. The van der Waals surface area contributed by atoms with E-state index in [4.69, 9.17) is 9.47 Å². The number of nitrogens with one attached hydrogen (secondary N) is 1. The molecule has 1 atom stereocenters. The second-order valence-electron chi connectivity index (χ2n) is 6.61. The number of rotatable bonds is 9. The number of hydrogen-bond donors (Lipinski definition) is 1. The van der Waals surface area contributed by atoms with Crippen molar-refractivity contribution in [2.75, 3.05) is 18.2 Å². The molecule has 0 saturated heterocycles. The molecule has 3 aromatic rings. The van der Waals surface area contributed by atoms with Crippen LogP contribution < -0.4 is 10.1 Å². The number of para-hydroxylation sites is 1. The number of anilines is 1. The van der Waals surface area contributed by atoms with Gasteiger partial charge < -0.3 is 19.4 Å². The Balaban J connectivity index is 1.61. The Hall–Kier alpha value is -2.85. The molecule has 0 bridgehead atoms. The largest absolute Gasteiger partial charge is 0.483 e. The van der Waals surface area contributed by atoms with E-state index in [9.17, 15) is 9.59 Å². The zero-order chi connectivity index (χ0) is 22.4. The summed E-state index contributed by atoms with van der Waals surface area (Å²) in [5.74, 6) is 0.822. The standard InChI is InChI=1S/C21H24N4O4S2/c1-5-15-11-16(20(27)28-4)19(31-15)22-17(26)12-30-21-24-23-18(25(21)3)13(2)29-14-9-7-6-8-10-14/h6-11,13H,5,12H2,1-4H3,(H,22,26). The number of thiophene rings is 1. The molecule has 10 heteroatoms. The third-order valence-corrected chi connectivity index (χ3v) is 6.63. The Morgan fingerprint density at radius 3 is 2.68 bits per heavy atom. The van der Waals surface area contributed by atoms with Gasteiger partial charge in [0.2, 0.25) is 5.91 Å². The van der Waals surface area contributed by atoms with Crippen LogP contribution in [0.1, 0.15) is 41.0 Å². The molecule has 164 valence electrons. The van der Waals surface area contributed by atoms with Crippen molar-refractivity contribution in [3.63, 3.8) is 0 Å². The molecule has 2 heterocycles. The highest BCUT2D eigenvalue weighted by Gasteiger charge is 2.20. The van der Waals surface area contributed by atoms with Gasteiger partial charge in [-0.15, -0.1) is 21.5 Å². The number of carbonyl (C=O) groups excluding carboxylic acids is 2. The van der Waals surface area contributed by atoms with Gasteiger partial charge in [0, 0.05) is 11.9 Å². The highest BCUT2D eigenvalue weighted by Crippen LogP contribution is 2.30. The van der Waals surface area contributed by atoms with Gasteiger partial charge in [-0.05, 0) is 31.5 Å². The van der Waals surface area contributed by atoms with Crippen molar-refractivity contribution >= 4 is 40.0 Å². The van der Waals surface area contributed by atoms with Crippen LogP contribution in [0.2, 0.25) is 0 Å². The maximum Gasteiger partial charge on any atom is 0.340 e. The van der Waals surface area contributed by atoms with Gasteiger partial charge in [0.15, 0.2) is 17.1 Å². The summed E-state index contributed by atoms with van der Waals surface area (Å²) in [7, 11) is 3.16. The van der Waals surface area contributed by atoms with Gasteiger partial charge in [-0.3, -0.25) is 4.79 Å². The number of methoxy groups -OCH3 is 1. The molecule has 0 aliphatic rings. The number of ether oxygens (including phenoxy) is 2. The lowest BCUT2D eigenvalue weighted by molar-refractivity contribution is -0.113. The number of benzene rings is 1. The first-order chi connectivity index (χ1) is 14.9. The molecule has 0 radical (unpaired) electrons. The van der Waals surface area contributed by atoms with Crippen molar-refractivity contribution in [3.05, 3.63) is 52.7 Å². The molecule has 31 heavy (non-hydrogen) atoms. The molecule has 3 rings (SSSR count). The van der Waals surface area contributed by atoms with Gasteiger partial charge in [0.1, 0.15) is 10.8 Å². The molecule has 0 aliphatic carbocycles. The van der Waals surface area contributed by atoms with Crippen LogP contribution in [-0.4, -0.2) is 39.5 Å². The van der Waals surface area contributed by atoms with Crippen molar-refractivity contribution in [1.82, 2.24) is 14.8 Å². The van der Waals surface area contributed by atoms with Gasteiger partial charge in [0.05, 0.1) is 18.4 Å². The highest BCUT2D eigenvalue weighted by molar-refractivity contribution is 7.99. The molecule has 1 unspecified atom stereocenters. The quantitative estimate of drug-likeness (QED) is 0.379. The highest BCUT2D eigenvalue weighted by atomic mass is 32.2. The molecular formula is C21H24N4O4S2. The predicted octanol–water partition coefficient (Wildman–Crippen LogP) is 4.10. The fraction of sp³-hybridized carbons (Fsp3) is 0.333. The Kier molecular flexibility index (Phi) is 7.69. The normalized spacial score (nSPS) is 11.7. The zero-order valence-electron chi connectivity index (χ0n) is 17.7. The van der Waals surface area contributed by atoms with E-state index >= 15 is 0 Å². The first kappa shape index (κ1) is 22.8. The number of amides is 1. The van der Waals surface area contributed by atoms with E-state index in [0.717, 1.165) is 17.0 Å². The number of aromatic nitrogens is 3. The van der Waals surface area contributed by atoms with E-state index in [0.29, 0.717) is 21.5 Å². The molecular weight excluding hydrogens is 436 g/mol. The Labute approximate surface area is 189 Å². The minimum atomic E-state index is -0.468. The van der Waals surface area contributed by atoms with Gasteiger partial charge in [-0.25, -0.2) is 4.79 Å². The van der Waals surface area contributed by atoms with Gasteiger partial charge >= 0.3 is 5.97 Å². The molecule has 8 nitrogen and oxygen atoms in total. The molecule has 1 N–H and O–H groups in total. The molecule has 1 aromatic carbocycles. The number of carbonyl (C=O) groups is 2. The van der Waals surface area contributed by atoms with Crippen LogP contribution in [0, 0.1) is 0 Å². The Morgan fingerprint density at radius 2 is 2.00 bits per heavy atom. The Bertz CT molecular complexity index is 1050. The fourth-order valence-corrected chi connectivity index (χ4v) is 4.54. The second kappa shape index (κ2) is 10.5. The minimum absolute atomic E-state index is 0.125. The molecule has 0 saturated carbocycles. The maximum atomic E-state index is 12.5. The van der Waals surface area contributed by atoms with Crippen molar-refractivity contribution in [1.29, 1.82) is 0 Å².